The summed E-state index contributed by atoms with van der Waals surface area (Å²) in [5, 5.41) is 0. The molecule has 0 amide bonds. The number of nitrogens with zero attached hydrogens (tertiary/aromatic N) is 4. The third-order valence-electron chi connectivity index (χ3n) is 4.07. The van der Waals surface area contributed by atoms with Gasteiger partial charge in [-0.1, -0.05) is 26.7 Å². The summed E-state index contributed by atoms with van der Waals surface area (Å²) in [5.74, 6) is 2.59. The van der Waals surface area contributed by atoms with Crippen LogP contribution in [0, 0.1) is 0 Å². The first-order chi connectivity index (χ1) is 10.2. The molecule has 2 rings (SSSR count). The first-order valence-electron chi connectivity index (χ1n) is 8.28. The van der Waals surface area contributed by atoms with Gasteiger partial charge in [0, 0.05) is 0 Å². The van der Waals surface area contributed by atoms with E-state index in [2.05, 4.69) is 71.0 Å². The maximum absolute atomic E-state index is 2.40. The standard InChI is InChI=1S/C17H30N4.2ClH/c1-5-7-8-9-11-21-15-13-19(4)17(21)16-18(3)12-14-20(16)10-6-2;;/h12-15H,5-11H2,1-4H3;2*1H/q+2;;/p-2. The lowest BCUT2D eigenvalue weighted by atomic mass is 10.2. The Morgan fingerprint density at radius 2 is 1.26 bits per heavy atom. The highest BCUT2D eigenvalue weighted by molar-refractivity contribution is 5.36. The van der Waals surface area contributed by atoms with E-state index in [1.165, 1.54) is 37.3 Å². The van der Waals surface area contributed by atoms with E-state index in [0.717, 1.165) is 19.5 Å². The van der Waals surface area contributed by atoms with Gasteiger partial charge in [0.1, 0.15) is 24.8 Å². The van der Waals surface area contributed by atoms with Gasteiger partial charge in [-0.15, -0.1) is 0 Å². The number of hydrogen-bond acceptors (Lipinski definition) is 0. The highest BCUT2D eigenvalue weighted by Gasteiger charge is 2.29. The van der Waals surface area contributed by atoms with Crippen molar-refractivity contribution >= 4 is 0 Å². The SMILES string of the molecule is CCCCCCn1cc[n+](C)c1-c1n(CCC)cc[n+]1C.[Cl-].[Cl-]. The lowest BCUT2D eigenvalue weighted by Gasteiger charge is -2.03. The van der Waals surface area contributed by atoms with E-state index >= 15 is 0 Å². The molecule has 0 aliphatic rings. The summed E-state index contributed by atoms with van der Waals surface area (Å²) in [7, 11) is 4.27. The van der Waals surface area contributed by atoms with Gasteiger partial charge in [-0.2, -0.15) is 0 Å². The number of aromatic nitrogens is 4. The molecule has 23 heavy (non-hydrogen) atoms. The van der Waals surface area contributed by atoms with Gasteiger partial charge in [0.2, 0.25) is 0 Å². The molecule has 0 unspecified atom stereocenters. The van der Waals surface area contributed by atoms with Crippen molar-refractivity contribution in [1.82, 2.24) is 9.13 Å². The minimum absolute atomic E-state index is 0. The molecule has 0 fully saturated rings. The molecular formula is C17H30Cl2N4. The largest absolute Gasteiger partial charge is 1.00 e. The minimum Gasteiger partial charge on any atom is -1.00 e. The number of imidazole rings is 2. The molecule has 0 saturated carbocycles. The Morgan fingerprint density at radius 1 is 0.739 bits per heavy atom. The molecule has 0 aliphatic heterocycles. The highest BCUT2D eigenvalue weighted by atomic mass is 35.5. The minimum atomic E-state index is 0. The molecule has 6 heteroatoms. The van der Waals surface area contributed by atoms with Crippen LogP contribution in [0.2, 0.25) is 0 Å². The Labute approximate surface area is 153 Å². The summed E-state index contributed by atoms with van der Waals surface area (Å²) in [5.41, 5.74) is 0. The van der Waals surface area contributed by atoms with Gasteiger partial charge >= 0.3 is 11.6 Å². The molecule has 0 N–H and O–H groups in total. The van der Waals surface area contributed by atoms with Crippen LogP contribution < -0.4 is 33.9 Å². The number of hydrogen-bond donors (Lipinski definition) is 0. The van der Waals surface area contributed by atoms with Crippen molar-refractivity contribution in [2.45, 2.75) is 59.0 Å². The summed E-state index contributed by atoms with van der Waals surface area (Å²) in [6.45, 7) is 6.66. The number of aryl methyl sites for hydroxylation is 4. The molecule has 0 bridgehead atoms. The molecule has 0 spiro atoms. The van der Waals surface area contributed by atoms with Crippen LogP contribution in [0.5, 0.6) is 0 Å². The van der Waals surface area contributed by atoms with Gasteiger partial charge in [-0.25, -0.2) is 18.3 Å². The van der Waals surface area contributed by atoms with E-state index in [1.54, 1.807) is 0 Å². The summed E-state index contributed by atoms with van der Waals surface area (Å²) in [6.07, 6.45) is 15.1. The van der Waals surface area contributed by atoms with Crippen molar-refractivity contribution in [3.05, 3.63) is 24.8 Å². The Bertz CT molecular complexity index is 575. The molecule has 0 radical (unpaired) electrons. The number of unbranched alkanes of at least 4 members (excludes halogenated alkanes) is 3. The summed E-state index contributed by atoms with van der Waals surface area (Å²) >= 11 is 0. The van der Waals surface area contributed by atoms with Crippen molar-refractivity contribution in [2.75, 3.05) is 0 Å². The van der Waals surface area contributed by atoms with Crippen LogP contribution in [0.15, 0.2) is 24.8 Å². The Kier molecular flexibility index (Phi) is 10.2. The lowest BCUT2D eigenvalue weighted by Crippen LogP contribution is -3.00. The van der Waals surface area contributed by atoms with Crippen molar-refractivity contribution in [3.63, 3.8) is 0 Å². The third-order valence-corrected chi connectivity index (χ3v) is 4.07. The van der Waals surface area contributed by atoms with Gasteiger partial charge in [0.25, 0.3) is 0 Å². The second kappa shape index (κ2) is 10.7. The second-order valence-electron chi connectivity index (χ2n) is 5.91. The van der Waals surface area contributed by atoms with E-state index in [9.17, 15) is 0 Å². The van der Waals surface area contributed by atoms with Crippen LogP contribution in [0.4, 0.5) is 0 Å². The Morgan fingerprint density at radius 3 is 1.74 bits per heavy atom. The quantitative estimate of drug-likeness (QED) is 0.345. The molecule has 0 atom stereocenters. The predicted octanol–water partition coefficient (Wildman–Crippen LogP) is -3.40. The van der Waals surface area contributed by atoms with Crippen molar-refractivity contribution in [1.29, 1.82) is 0 Å². The van der Waals surface area contributed by atoms with E-state index < -0.39 is 0 Å². The van der Waals surface area contributed by atoms with Crippen LogP contribution in [-0.4, -0.2) is 9.13 Å². The molecule has 0 aliphatic carbocycles. The van der Waals surface area contributed by atoms with Crippen LogP contribution >= 0.6 is 0 Å². The summed E-state index contributed by atoms with van der Waals surface area (Å²) in [6, 6.07) is 0. The monoisotopic (exact) mass is 360 g/mol. The fourth-order valence-corrected chi connectivity index (χ4v) is 2.93. The fraction of sp³-hybridized carbons (Fsp3) is 0.647. The molecule has 132 valence electrons. The lowest BCUT2D eigenvalue weighted by molar-refractivity contribution is -0.690. The zero-order valence-corrected chi connectivity index (χ0v) is 16.3. The van der Waals surface area contributed by atoms with E-state index in [0.29, 0.717) is 0 Å². The highest BCUT2D eigenvalue weighted by Crippen LogP contribution is 2.14. The maximum Gasteiger partial charge on any atom is 0.373 e. The van der Waals surface area contributed by atoms with E-state index in [4.69, 9.17) is 0 Å². The smallest absolute Gasteiger partial charge is 0.373 e. The Balaban J connectivity index is 0.00000242. The van der Waals surface area contributed by atoms with Crippen molar-refractivity contribution in [2.24, 2.45) is 14.1 Å². The number of rotatable bonds is 8. The zero-order valence-electron chi connectivity index (χ0n) is 14.8. The molecule has 2 aromatic rings. The molecular weight excluding hydrogens is 331 g/mol. The van der Waals surface area contributed by atoms with Crippen LogP contribution in [0.25, 0.3) is 11.6 Å². The van der Waals surface area contributed by atoms with Crippen LogP contribution in [-0.2, 0) is 27.2 Å². The maximum atomic E-state index is 2.40. The average Bonchev–Trinajstić information content (AvgIpc) is 2.99. The normalized spacial score (nSPS) is 10.3. The molecule has 0 saturated heterocycles. The fourth-order valence-electron chi connectivity index (χ4n) is 2.93. The van der Waals surface area contributed by atoms with Gasteiger partial charge in [-0.3, -0.25) is 0 Å². The average molecular weight is 361 g/mol. The van der Waals surface area contributed by atoms with E-state index in [-0.39, 0.29) is 24.8 Å². The van der Waals surface area contributed by atoms with E-state index in [1.807, 2.05) is 0 Å². The van der Waals surface area contributed by atoms with Gasteiger partial charge in [-0.05, 0) is 19.3 Å². The zero-order chi connectivity index (χ0) is 15.2. The molecule has 0 aromatic carbocycles. The van der Waals surface area contributed by atoms with Crippen LogP contribution in [0.3, 0.4) is 0 Å². The first kappa shape index (κ1) is 22.0. The van der Waals surface area contributed by atoms with Crippen molar-refractivity contribution < 1.29 is 33.9 Å². The number of halogens is 2. The second-order valence-corrected chi connectivity index (χ2v) is 5.91. The molecule has 2 aromatic heterocycles. The van der Waals surface area contributed by atoms with Crippen LogP contribution in [0.1, 0.15) is 46.0 Å². The summed E-state index contributed by atoms with van der Waals surface area (Å²) < 4.78 is 9.23. The van der Waals surface area contributed by atoms with Gasteiger partial charge < -0.3 is 24.8 Å². The predicted molar refractivity (Wildman–Crippen MR) is 84.6 cm³/mol. The van der Waals surface area contributed by atoms with Gasteiger partial charge in [0.05, 0.1) is 27.2 Å². The summed E-state index contributed by atoms with van der Waals surface area (Å²) in [4.78, 5) is 0. The van der Waals surface area contributed by atoms with Gasteiger partial charge in [0.15, 0.2) is 0 Å². The van der Waals surface area contributed by atoms with Crippen molar-refractivity contribution in [3.8, 4) is 11.6 Å². The third kappa shape index (κ3) is 5.25. The molecule has 2 heterocycles. The first-order valence-corrected chi connectivity index (χ1v) is 8.28. The topological polar surface area (TPSA) is 17.6 Å². The molecule has 4 nitrogen and oxygen atoms in total. The Hall–Kier alpha value is -1.000.